The Balaban J connectivity index is 1.98. The van der Waals surface area contributed by atoms with Crippen LogP contribution < -0.4 is 10.2 Å². The lowest BCUT2D eigenvalue weighted by Crippen LogP contribution is -2.54. The van der Waals surface area contributed by atoms with Crippen molar-refractivity contribution in [2.75, 3.05) is 4.90 Å². The van der Waals surface area contributed by atoms with Crippen molar-refractivity contribution < 1.29 is 14.5 Å². The fourth-order valence-corrected chi connectivity index (χ4v) is 3.29. The Morgan fingerprint density at radius 1 is 1.20 bits per heavy atom. The lowest BCUT2D eigenvalue weighted by molar-refractivity contribution is -0.380. The van der Waals surface area contributed by atoms with Crippen LogP contribution in [0.4, 0.5) is 10.7 Å². The summed E-state index contributed by atoms with van der Waals surface area (Å²) in [4.78, 5) is 36.8. The molecule has 0 unspecified atom stereocenters. The molecular formula is C16H11N3O4S2. The van der Waals surface area contributed by atoms with Gasteiger partial charge in [-0.1, -0.05) is 29.0 Å². The van der Waals surface area contributed by atoms with Gasteiger partial charge in [-0.15, -0.1) is 0 Å². The number of nitrogens with zero attached hydrogens (tertiary/aromatic N) is 2. The smallest absolute Gasteiger partial charge is 0.298 e. The highest BCUT2D eigenvalue weighted by atomic mass is 32.1. The highest BCUT2D eigenvalue weighted by Crippen LogP contribution is 2.28. The van der Waals surface area contributed by atoms with Crippen molar-refractivity contribution in [1.82, 2.24) is 5.32 Å². The van der Waals surface area contributed by atoms with Crippen molar-refractivity contribution in [2.45, 2.75) is 6.92 Å². The van der Waals surface area contributed by atoms with Gasteiger partial charge >= 0.3 is 5.00 Å². The van der Waals surface area contributed by atoms with Crippen molar-refractivity contribution in [3.8, 4) is 0 Å². The Bertz CT molecular complexity index is 931. The van der Waals surface area contributed by atoms with Gasteiger partial charge in [-0.05, 0) is 43.4 Å². The Morgan fingerprint density at radius 2 is 1.88 bits per heavy atom. The van der Waals surface area contributed by atoms with E-state index in [0.717, 1.165) is 16.9 Å². The van der Waals surface area contributed by atoms with E-state index in [1.807, 2.05) is 19.1 Å². The van der Waals surface area contributed by atoms with Gasteiger partial charge in [0.25, 0.3) is 11.8 Å². The van der Waals surface area contributed by atoms with E-state index >= 15 is 0 Å². The number of thiocarbonyl (C=S) groups is 1. The minimum Gasteiger partial charge on any atom is -0.298 e. The monoisotopic (exact) mass is 373 g/mol. The number of amides is 2. The molecule has 9 heteroatoms. The lowest BCUT2D eigenvalue weighted by atomic mass is 10.1. The van der Waals surface area contributed by atoms with Gasteiger partial charge in [0.15, 0.2) is 5.11 Å². The van der Waals surface area contributed by atoms with Crippen molar-refractivity contribution in [3.63, 3.8) is 0 Å². The first-order valence-electron chi connectivity index (χ1n) is 7.09. The van der Waals surface area contributed by atoms with Crippen molar-refractivity contribution in [3.05, 3.63) is 62.5 Å². The molecule has 126 valence electrons. The number of aryl methyl sites for hydroxylation is 1. The SMILES string of the molecule is Cc1ccc(N2C(=O)/C(=C\c3ccc([N+](=O)[O-])s3)C(=O)NC2=S)cc1. The normalized spacial score (nSPS) is 16.3. The first-order chi connectivity index (χ1) is 11.9. The van der Waals surface area contributed by atoms with Crippen LogP contribution in [0.25, 0.3) is 6.08 Å². The average Bonchev–Trinajstić information content (AvgIpc) is 3.02. The number of nitro groups is 1. The van der Waals surface area contributed by atoms with Crippen LogP contribution >= 0.6 is 23.6 Å². The average molecular weight is 373 g/mol. The lowest BCUT2D eigenvalue weighted by Gasteiger charge is -2.28. The maximum Gasteiger partial charge on any atom is 0.324 e. The summed E-state index contributed by atoms with van der Waals surface area (Å²) in [6.45, 7) is 1.91. The molecule has 2 aromatic rings. The van der Waals surface area contributed by atoms with Gasteiger partial charge in [0.1, 0.15) is 5.57 Å². The van der Waals surface area contributed by atoms with E-state index in [0.29, 0.717) is 10.6 Å². The number of carbonyl (C=O) groups excluding carboxylic acids is 2. The Hall–Kier alpha value is -2.91. The maximum atomic E-state index is 12.8. The minimum atomic E-state index is -0.630. The zero-order valence-corrected chi connectivity index (χ0v) is 14.5. The summed E-state index contributed by atoms with van der Waals surface area (Å²) in [5, 5.41) is 13.2. The van der Waals surface area contributed by atoms with Crippen molar-refractivity contribution >= 4 is 57.2 Å². The van der Waals surface area contributed by atoms with Crippen LogP contribution in [-0.2, 0) is 9.59 Å². The number of hydrogen-bond acceptors (Lipinski definition) is 6. The molecule has 1 saturated heterocycles. The van der Waals surface area contributed by atoms with E-state index in [1.165, 1.54) is 23.1 Å². The zero-order chi connectivity index (χ0) is 18.1. The molecule has 0 bridgehead atoms. The van der Waals surface area contributed by atoms with Crippen LogP contribution in [0.2, 0.25) is 0 Å². The van der Waals surface area contributed by atoms with E-state index in [1.54, 1.807) is 12.1 Å². The molecule has 1 N–H and O–H groups in total. The van der Waals surface area contributed by atoms with Crippen molar-refractivity contribution in [2.24, 2.45) is 0 Å². The molecule has 0 saturated carbocycles. The summed E-state index contributed by atoms with van der Waals surface area (Å²) in [5.41, 5.74) is 1.42. The molecule has 2 heterocycles. The second-order valence-electron chi connectivity index (χ2n) is 5.23. The molecular weight excluding hydrogens is 362 g/mol. The molecule has 3 rings (SSSR count). The Morgan fingerprint density at radius 3 is 2.48 bits per heavy atom. The van der Waals surface area contributed by atoms with Gasteiger partial charge in [-0.25, -0.2) is 0 Å². The molecule has 1 aromatic carbocycles. The predicted octanol–water partition coefficient (Wildman–Crippen LogP) is 2.80. The molecule has 1 fully saturated rings. The van der Waals surface area contributed by atoms with E-state index in [9.17, 15) is 19.7 Å². The zero-order valence-electron chi connectivity index (χ0n) is 12.9. The largest absolute Gasteiger partial charge is 0.324 e. The fraction of sp³-hybridized carbons (Fsp3) is 0.0625. The molecule has 2 amide bonds. The summed E-state index contributed by atoms with van der Waals surface area (Å²) >= 11 is 5.99. The van der Waals surface area contributed by atoms with Gasteiger partial charge in [0.2, 0.25) is 0 Å². The molecule has 7 nitrogen and oxygen atoms in total. The number of nitrogens with one attached hydrogen (secondary N) is 1. The topological polar surface area (TPSA) is 92.6 Å². The molecule has 0 atom stereocenters. The number of thiophene rings is 1. The molecule has 25 heavy (non-hydrogen) atoms. The van der Waals surface area contributed by atoms with Gasteiger partial charge in [-0.3, -0.25) is 29.9 Å². The standard InChI is InChI=1S/C16H11N3O4S2/c1-9-2-4-10(5-3-9)18-15(21)12(14(20)17-16(18)24)8-11-6-7-13(25-11)19(22)23/h2-8H,1H3,(H,17,20,24)/b12-8-. The van der Waals surface area contributed by atoms with Crippen LogP contribution in [0.3, 0.4) is 0 Å². The summed E-state index contributed by atoms with van der Waals surface area (Å²) in [7, 11) is 0. The third kappa shape index (κ3) is 3.32. The maximum absolute atomic E-state index is 12.8. The summed E-state index contributed by atoms with van der Waals surface area (Å²) in [6.07, 6.45) is 1.33. The number of benzene rings is 1. The van der Waals surface area contributed by atoms with Gasteiger partial charge in [0.05, 0.1) is 10.6 Å². The first-order valence-corrected chi connectivity index (χ1v) is 8.31. The molecule has 1 aliphatic heterocycles. The predicted molar refractivity (Wildman–Crippen MR) is 98.4 cm³/mol. The highest BCUT2D eigenvalue weighted by Gasteiger charge is 2.34. The van der Waals surface area contributed by atoms with Crippen molar-refractivity contribution in [1.29, 1.82) is 0 Å². The second-order valence-corrected chi connectivity index (χ2v) is 6.71. The number of hydrogen-bond donors (Lipinski definition) is 1. The molecule has 1 aliphatic rings. The Kier molecular flexibility index (Phi) is 4.43. The van der Waals surface area contributed by atoms with E-state index in [2.05, 4.69) is 5.32 Å². The van der Waals surface area contributed by atoms with E-state index < -0.39 is 16.7 Å². The van der Waals surface area contributed by atoms with Gasteiger partial charge < -0.3 is 0 Å². The van der Waals surface area contributed by atoms with Crippen LogP contribution in [0.15, 0.2) is 42.0 Å². The second kappa shape index (κ2) is 6.54. The first kappa shape index (κ1) is 16.9. The quantitative estimate of drug-likeness (QED) is 0.294. The summed E-state index contributed by atoms with van der Waals surface area (Å²) in [6, 6.07) is 9.92. The molecule has 0 radical (unpaired) electrons. The Labute approximate surface area is 151 Å². The third-order valence-corrected chi connectivity index (χ3v) is 4.74. The van der Waals surface area contributed by atoms with Gasteiger partial charge in [-0.2, -0.15) is 0 Å². The molecule has 0 spiro atoms. The fourth-order valence-electron chi connectivity index (χ4n) is 2.25. The van der Waals surface area contributed by atoms with Crippen LogP contribution in [0, 0.1) is 17.0 Å². The molecule has 0 aliphatic carbocycles. The number of carbonyl (C=O) groups is 2. The van der Waals surface area contributed by atoms with Crippen LogP contribution in [0.5, 0.6) is 0 Å². The number of rotatable bonds is 3. The van der Waals surface area contributed by atoms with Crippen LogP contribution in [-0.4, -0.2) is 21.9 Å². The van der Waals surface area contributed by atoms with Crippen LogP contribution in [0.1, 0.15) is 10.4 Å². The summed E-state index contributed by atoms with van der Waals surface area (Å²) < 4.78 is 0. The highest BCUT2D eigenvalue weighted by molar-refractivity contribution is 7.80. The van der Waals surface area contributed by atoms with E-state index in [4.69, 9.17) is 12.2 Å². The third-order valence-electron chi connectivity index (χ3n) is 3.47. The number of anilines is 1. The summed E-state index contributed by atoms with van der Waals surface area (Å²) in [5.74, 6) is -1.21. The van der Waals surface area contributed by atoms with Gasteiger partial charge in [0, 0.05) is 10.9 Å². The molecule has 1 aromatic heterocycles. The van der Waals surface area contributed by atoms with E-state index in [-0.39, 0.29) is 15.7 Å². The minimum absolute atomic E-state index is 0.00633.